The molecule has 1 aromatic carbocycles. The highest BCUT2D eigenvalue weighted by Crippen LogP contribution is 2.31. The molecule has 0 aliphatic heterocycles. The van der Waals surface area contributed by atoms with Crippen LogP contribution in [0.2, 0.25) is 0 Å². The van der Waals surface area contributed by atoms with E-state index in [1.54, 1.807) is 11.3 Å². The molecule has 2 N–H and O–H groups in total. The Balaban J connectivity index is 1.67. The van der Waals surface area contributed by atoms with Crippen LogP contribution in [0.1, 0.15) is 32.4 Å². The molecule has 0 saturated carbocycles. The van der Waals surface area contributed by atoms with E-state index >= 15 is 0 Å². The van der Waals surface area contributed by atoms with Crippen LogP contribution in [-0.2, 0) is 11.3 Å². The maximum atomic E-state index is 11.5. The maximum absolute atomic E-state index is 11.5. The van der Waals surface area contributed by atoms with Crippen LogP contribution in [0.4, 0.5) is 0 Å². The lowest BCUT2D eigenvalue weighted by Gasteiger charge is -2.26. The predicted octanol–water partition coefficient (Wildman–Crippen LogP) is 4.54. The SMILES string of the molecule is CCC(CC)(CNCc1ccc(-c2nc3ccccc3s2)o1)C(=O)O. The summed E-state index contributed by atoms with van der Waals surface area (Å²) in [6, 6.07) is 11.8. The summed E-state index contributed by atoms with van der Waals surface area (Å²) >= 11 is 1.60. The number of carbonyl (C=O) groups is 1. The van der Waals surface area contributed by atoms with Gasteiger partial charge in [-0.15, -0.1) is 11.3 Å². The molecule has 0 amide bonds. The van der Waals surface area contributed by atoms with E-state index in [2.05, 4.69) is 10.3 Å². The molecule has 0 bridgehead atoms. The quantitative estimate of drug-likeness (QED) is 0.618. The minimum atomic E-state index is -0.750. The van der Waals surface area contributed by atoms with Crippen LogP contribution < -0.4 is 5.32 Å². The summed E-state index contributed by atoms with van der Waals surface area (Å²) in [6.07, 6.45) is 1.20. The molecule has 0 radical (unpaired) electrons. The number of furan rings is 1. The van der Waals surface area contributed by atoms with Gasteiger partial charge in [-0.3, -0.25) is 4.79 Å². The first-order chi connectivity index (χ1) is 12.1. The number of hydrogen-bond acceptors (Lipinski definition) is 5. The molecule has 3 aromatic rings. The first kappa shape index (κ1) is 17.6. The Morgan fingerprint density at radius 3 is 2.68 bits per heavy atom. The van der Waals surface area contributed by atoms with Crippen LogP contribution in [0.25, 0.3) is 21.0 Å². The minimum absolute atomic E-state index is 0.423. The molecular formula is C19H22N2O3S. The number of rotatable bonds is 8. The van der Waals surface area contributed by atoms with Gasteiger partial charge in [0.2, 0.25) is 0 Å². The molecule has 0 aliphatic carbocycles. The van der Waals surface area contributed by atoms with Gasteiger partial charge in [0.1, 0.15) is 5.76 Å². The molecule has 0 spiro atoms. The summed E-state index contributed by atoms with van der Waals surface area (Å²) in [5.74, 6) is 0.772. The van der Waals surface area contributed by atoms with Crippen LogP contribution in [0, 0.1) is 5.41 Å². The smallest absolute Gasteiger partial charge is 0.310 e. The first-order valence-electron chi connectivity index (χ1n) is 8.47. The highest BCUT2D eigenvalue weighted by atomic mass is 32.1. The third-order valence-electron chi connectivity index (χ3n) is 4.74. The lowest BCUT2D eigenvalue weighted by atomic mass is 9.82. The van der Waals surface area contributed by atoms with Crippen LogP contribution in [0.3, 0.4) is 0 Å². The van der Waals surface area contributed by atoms with Gasteiger partial charge < -0.3 is 14.8 Å². The van der Waals surface area contributed by atoms with Gasteiger partial charge >= 0.3 is 5.97 Å². The highest BCUT2D eigenvalue weighted by Gasteiger charge is 2.34. The van der Waals surface area contributed by atoms with Gasteiger partial charge in [0, 0.05) is 6.54 Å². The number of carboxylic acid groups (broad SMARTS) is 1. The third-order valence-corrected chi connectivity index (χ3v) is 5.79. The zero-order chi connectivity index (χ0) is 17.9. The Bertz CT molecular complexity index is 831. The molecular weight excluding hydrogens is 336 g/mol. The number of hydrogen-bond donors (Lipinski definition) is 2. The van der Waals surface area contributed by atoms with Crippen molar-refractivity contribution in [1.29, 1.82) is 0 Å². The summed E-state index contributed by atoms with van der Waals surface area (Å²) in [7, 11) is 0. The van der Waals surface area contributed by atoms with E-state index in [0.29, 0.717) is 25.9 Å². The number of carboxylic acids is 1. The number of nitrogens with one attached hydrogen (secondary N) is 1. The average molecular weight is 358 g/mol. The number of para-hydroxylation sites is 1. The monoisotopic (exact) mass is 358 g/mol. The highest BCUT2D eigenvalue weighted by molar-refractivity contribution is 7.21. The topological polar surface area (TPSA) is 75.4 Å². The Hall–Kier alpha value is -2.18. The molecule has 3 rings (SSSR count). The molecule has 0 aliphatic rings. The zero-order valence-corrected chi connectivity index (χ0v) is 15.2. The van der Waals surface area contributed by atoms with E-state index in [1.165, 1.54) is 0 Å². The summed E-state index contributed by atoms with van der Waals surface area (Å²) in [5, 5.41) is 13.6. The van der Waals surface area contributed by atoms with Crippen molar-refractivity contribution < 1.29 is 14.3 Å². The van der Waals surface area contributed by atoms with Crippen molar-refractivity contribution in [2.75, 3.05) is 6.54 Å². The second-order valence-electron chi connectivity index (χ2n) is 6.15. The minimum Gasteiger partial charge on any atom is -0.481 e. The van der Waals surface area contributed by atoms with Gasteiger partial charge in [-0.25, -0.2) is 4.98 Å². The third kappa shape index (κ3) is 3.60. The lowest BCUT2D eigenvalue weighted by molar-refractivity contribution is -0.149. The van der Waals surface area contributed by atoms with Gasteiger partial charge in [-0.05, 0) is 37.1 Å². The van der Waals surface area contributed by atoms with Crippen molar-refractivity contribution >= 4 is 27.5 Å². The Kier molecular flexibility index (Phi) is 5.20. The Morgan fingerprint density at radius 1 is 1.24 bits per heavy atom. The van der Waals surface area contributed by atoms with E-state index in [-0.39, 0.29) is 0 Å². The van der Waals surface area contributed by atoms with Crippen molar-refractivity contribution in [3.63, 3.8) is 0 Å². The predicted molar refractivity (Wildman–Crippen MR) is 99.7 cm³/mol. The maximum Gasteiger partial charge on any atom is 0.310 e. The number of thiazole rings is 1. The molecule has 132 valence electrons. The fraction of sp³-hybridized carbons (Fsp3) is 0.368. The number of aromatic nitrogens is 1. The largest absolute Gasteiger partial charge is 0.481 e. The molecule has 5 nitrogen and oxygen atoms in total. The van der Waals surface area contributed by atoms with Crippen LogP contribution in [-0.4, -0.2) is 22.6 Å². The molecule has 2 heterocycles. The molecule has 2 aromatic heterocycles. The van der Waals surface area contributed by atoms with Gasteiger partial charge in [-0.2, -0.15) is 0 Å². The zero-order valence-electron chi connectivity index (χ0n) is 14.4. The number of aliphatic carboxylic acids is 1. The number of nitrogens with zero attached hydrogens (tertiary/aromatic N) is 1. The Morgan fingerprint density at radius 2 is 2.00 bits per heavy atom. The normalized spacial score (nSPS) is 11.9. The van der Waals surface area contributed by atoms with Crippen LogP contribution >= 0.6 is 11.3 Å². The van der Waals surface area contributed by atoms with Crippen molar-refractivity contribution in [2.45, 2.75) is 33.2 Å². The van der Waals surface area contributed by atoms with Crippen molar-refractivity contribution in [3.8, 4) is 10.8 Å². The van der Waals surface area contributed by atoms with Gasteiger partial charge in [0.15, 0.2) is 10.8 Å². The van der Waals surface area contributed by atoms with Crippen molar-refractivity contribution in [3.05, 3.63) is 42.2 Å². The fourth-order valence-electron chi connectivity index (χ4n) is 2.87. The molecule has 25 heavy (non-hydrogen) atoms. The van der Waals surface area contributed by atoms with Gasteiger partial charge in [-0.1, -0.05) is 26.0 Å². The average Bonchev–Trinajstić information content (AvgIpc) is 3.25. The fourth-order valence-corrected chi connectivity index (χ4v) is 3.80. The summed E-state index contributed by atoms with van der Waals surface area (Å²) in [6.45, 7) is 4.75. The van der Waals surface area contributed by atoms with Crippen molar-refractivity contribution in [1.82, 2.24) is 10.3 Å². The van der Waals surface area contributed by atoms with Gasteiger partial charge in [0.05, 0.1) is 22.2 Å². The summed E-state index contributed by atoms with van der Waals surface area (Å²) < 4.78 is 7.01. The van der Waals surface area contributed by atoms with E-state index in [9.17, 15) is 9.90 Å². The number of fused-ring (bicyclic) bond motifs is 1. The molecule has 0 fully saturated rings. The number of benzene rings is 1. The van der Waals surface area contributed by atoms with Gasteiger partial charge in [0.25, 0.3) is 0 Å². The Labute approximate surface area is 150 Å². The van der Waals surface area contributed by atoms with E-state index in [0.717, 1.165) is 26.7 Å². The van der Waals surface area contributed by atoms with Crippen molar-refractivity contribution in [2.24, 2.45) is 5.41 Å². The van der Waals surface area contributed by atoms with Crippen LogP contribution in [0.15, 0.2) is 40.8 Å². The molecule has 6 heteroatoms. The second kappa shape index (κ2) is 7.37. The standard InChI is InChI=1S/C19H22N2O3S/c1-3-19(4-2,18(22)23)12-20-11-13-9-10-15(24-13)17-21-14-7-5-6-8-16(14)25-17/h5-10,20H,3-4,11-12H2,1-2H3,(H,22,23). The summed E-state index contributed by atoms with van der Waals surface area (Å²) in [4.78, 5) is 16.1. The molecule has 0 atom stereocenters. The summed E-state index contributed by atoms with van der Waals surface area (Å²) in [5.41, 5.74) is 0.248. The first-order valence-corrected chi connectivity index (χ1v) is 9.28. The van der Waals surface area contributed by atoms with Crippen LogP contribution in [0.5, 0.6) is 0 Å². The van der Waals surface area contributed by atoms with E-state index in [4.69, 9.17) is 4.42 Å². The molecule has 0 unspecified atom stereocenters. The molecule has 0 saturated heterocycles. The van der Waals surface area contributed by atoms with E-state index < -0.39 is 11.4 Å². The van der Waals surface area contributed by atoms with E-state index in [1.807, 2.05) is 50.2 Å². The second-order valence-corrected chi connectivity index (χ2v) is 7.18. The lowest BCUT2D eigenvalue weighted by Crippen LogP contribution is -2.39.